The van der Waals surface area contributed by atoms with Crippen molar-refractivity contribution in [3.63, 3.8) is 0 Å². The second-order valence-corrected chi connectivity index (χ2v) is 6.37. The average molecular weight is 406 g/mol. The van der Waals surface area contributed by atoms with Crippen LogP contribution in [0.3, 0.4) is 0 Å². The van der Waals surface area contributed by atoms with E-state index in [1.54, 1.807) is 55.5 Å². The van der Waals surface area contributed by atoms with E-state index in [1.165, 1.54) is 19.2 Å². The summed E-state index contributed by atoms with van der Waals surface area (Å²) in [6.45, 7) is 3.05. The van der Waals surface area contributed by atoms with Crippen LogP contribution in [-0.4, -0.2) is 23.0 Å². The molecule has 1 heterocycles. The summed E-state index contributed by atoms with van der Waals surface area (Å²) < 4.78 is 5.66. The summed E-state index contributed by atoms with van der Waals surface area (Å²) in [7, 11) is 0. The zero-order valence-corrected chi connectivity index (χ0v) is 16.2. The molecule has 3 aromatic rings. The maximum absolute atomic E-state index is 12.1. The molecule has 9 heteroatoms. The minimum Gasteiger partial charge on any atom is -0.455 e. The lowest BCUT2D eigenvalue weighted by atomic mass is 10.1. The fourth-order valence-corrected chi connectivity index (χ4v) is 2.78. The Labute approximate surface area is 171 Å². The van der Waals surface area contributed by atoms with E-state index in [4.69, 9.17) is 4.42 Å². The first-order valence-corrected chi connectivity index (χ1v) is 8.90. The van der Waals surface area contributed by atoms with Gasteiger partial charge in [0.15, 0.2) is 0 Å². The van der Waals surface area contributed by atoms with E-state index >= 15 is 0 Å². The Hall–Kier alpha value is -4.27. The third-order valence-corrected chi connectivity index (χ3v) is 4.22. The summed E-state index contributed by atoms with van der Waals surface area (Å²) in [6, 6.07) is 14.4. The van der Waals surface area contributed by atoms with Crippen molar-refractivity contribution < 1.29 is 18.9 Å². The van der Waals surface area contributed by atoms with Crippen LogP contribution in [0, 0.1) is 17.0 Å². The molecule has 0 aliphatic carbocycles. The third kappa shape index (κ3) is 4.76. The van der Waals surface area contributed by atoms with E-state index in [1.807, 2.05) is 0 Å². The first-order chi connectivity index (χ1) is 14.3. The molecule has 1 aromatic heterocycles. The SMILES string of the molecule is CC(=O)Nc1ccc(C(=O)N/N=C\c2ccc(-c3cccc([N+](=O)[O-])c3C)o2)cc1. The lowest BCUT2D eigenvalue weighted by Crippen LogP contribution is -2.17. The van der Waals surface area contributed by atoms with Gasteiger partial charge in [0.1, 0.15) is 11.5 Å². The van der Waals surface area contributed by atoms with Gasteiger partial charge in [0.2, 0.25) is 5.91 Å². The van der Waals surface area contributed by atoms with Crippen LogP contribution < -0.4 is 10.7 Å². The molecular formula is C21H18N4O5. The first-order valence-electron chi connectivity index (χ1n) is 8.90. The number of amides is 2. The molecule has 0 atom stereocenters. The number of carbonyl (C=O) groups is 2. The largest absolute Gasteiger partial charge is 0.455 e. The Balaban J connectivity index is 1.66. The van der Waals surface area contributed by atoms with E-state index in [9.17, 15) is 19.7 Å². The van der Waals surface area contributed by atoms with Gasteiger partial charge in [0.05, 0.1) is 11.1 Å². The number of hydrazone groups is 1. The molecule has 0 aliphatic rings. The first kappa shape index (κ1) is 20.5. The summed E-state index contributed by atoms with van der Waals surface area (Å²) in [6.07, 6.45) is 1.33. The number of nitro groups is 1. The van der Waals surface area contributed by atoms with Crippen molar-refractivity contribution in [2.45, 2.75) is 13.8 Å². The molecule has 0 spiro atoms. The molecule has 2 amide bonds. The topological polar surface area (TPSA) is 127 Å². The quantitative estimate of drug-likeness (QED) is 0.365. The number of anilines is 1. The van der Waals surface area contributed by atoms with E-state index in [2.05, 4.69) is 15.8 Å². The number of nitro benzene ring substituents is 1. The Bertz CT molecular complexity index is 1130. The molecule has 2 aromatic carbocycles. The van der Waals surface area contributed by atoms with Gasteiger partial charge < -0.3 is 9.73 Å². The number of furan rings is 1. The van der Waals surface area contributed by atoms with Crippen LogP contribution in [0.4, 0.5) is 11.4 Å². The molecule has 3 rings (SSSR count). The van der Waals surface area contributed by atoms with Gasteiger partial charge in [0.25, 0.3) is 11.6 Å². The molecule has 0 bridgehead atoms. The lowest BCUT2D eigenvalue weighted by molar-refractivity contribution is -0.385. The number of nitrogens with zero attached hydrogens (tertiary/aromatic N) is 2. The van der Waals surface area contributed by atoms with E-state index < -0.39 is 10.8 Å². The van der Waals surface area contributed by atoms with Crippen LogP contribution in [0.1, 0.15) is 28.6 Å². The highest BCUT2D eigenvalue weighted by Crippen LogP contribution is 2.30. The highest BCUT2D eigenvalue weighted by Gasteiger charge is 2.16. The molecule has 0 fully saturated rings. The molecule has 0 radical (unpaired) electrons. The fraction of sp³-hybridized carbons (Fsp3) is 0.0952. The van der Waals surface area contributed by atoms with Gasteiger partial charge in [-0.3, -0.25) is 19.7 Å². The highest BCUT2D eigenvalue weighted by atomic mass is 16.6. The Kier molecular flexibility index (Phi) is 6.02. The summed E-state index contributed by atoms with van der Waals surface area (Å²) >= 11 is 0. The molecular weight excluding hydrogens is 388 g/mol. The number of benzene rings is 2. The third-order valence-electron chi connectivity index (χ3n) is 4.22. The minimum absolute atomic E-state index is 0.0101. The number of hydrogen-bond acceptors (Lipinski definition) is 6. The number of carbonyl (C=O) groups excluding carboxylic acids is 2. The molecule has 9 nitrogen and oxygen atoms in total. The minimum atomic E-state index is -0.442. The van der Waals surface area contributed by atoms with Gasteiger partial charge in [-0.15, -0.1) is 0 Å². The van der Waals surface area contributed by atoms with Crippen LogP contribution >= 0.6 is 0 Å². The molecule has 0 unspecified atom stereocenters. The molecule has 152 valence electrons. The zero-order chi connectivity index (χ0) is 21.7. The lowest BCUT2D eigenvalue weighted by Gasteiger charge is -2.03. The van der Waals surface area contributed by atoms with Crippen molar-refractivity contribution in [3.05, 3.63) is 81.6 Å². The molecule has 2 N–H and O–H groups in total. The van der Waals surface area contributed by atoms with E-state index in [0.717, 1.165) is 0 Å². The molecule has 30 heavy (non-hydrogen) atoms. The predicted octanol–water partition coefficient (Wildman–Crippen LogP) is 3.89. The smallest absolute Gasteiger partial charge is 0.273 e. The van der Waals surface area contributed by atoms with Gasteiger partial charge in [-0.05, 0) is 43.3 Å². The Morgan fingerprint density at radius 1 is 1.10 bits per heavy atom. The van der Waals surface area contributed by atoms with Gasteiger partial charge >= 0.3 is 0 Å². The fourth-order valence-electron chi connectivity index (χ4n) is 2.78. The standard InChI is InChI=1S/C21H18N4O5/c1-13-18(4-3-5-19(13)25(28)29)20-11-10-17(30-20)12-22-24-21(27)15-6-8-16(9-7-15)23-14(2)26/h3-12H,1-2H3,(H,23,26)(H,24,27)/b22-12-. The molecule has 0 saturated heterocycles. The van der Waals surface area contributed by atoms with Crippen molar-refractivity contribution in [3.8, 4) is 11.3 Å². The van der Waals surface area contributed by atoms with Gasteiger partial charge in [-0.25, -0.2) is 5.43 Å². The number of nitrogens with one attached hydrogen (secondary N) is 2. The Morgan fingerprint density at radius 2 is 1.83 bits per heavy atom. The van der Waals surface area contributed by atoms with Crippen LogP contribution in [0.15, 0.2) is 64.1 Å². The summed E-state index contributed by atoms with van der Waals surface area (Å²) in [5, 5.41) is 17.6. The Morgan fingerprint density at radius 3 is 2.50 bits per heavy atom. The summed E-state index contributed by atoms with van der Waals surface area (Å²) in [5.41, 5.74) is 4.45. The van der Waals surface area contributed by atoms with Gasteiger partial charge in [-0.2, -0.15) is 5.10 Å². The normalized spacial score (nSPS) is 10.7. The van der Waals surface area contributed by atoms with E-state index in [-0.39, 0.29) is 11.6 Å². The molecule has 0 saturated carbocycles. The molecule has 0 aliphatic heterocycles. The van der Waals surface area contributed by atoms with Crippen LogP contribution in [0.2, 0.25) is 0 Å². The summed E-state index contributed by atoms with van der Waals surface area (Å²) in [5.74, 6) is 0.201. The van der Waals surface area contributed by atoms with Crippen molar-refractivity contribution in [2.75, 3.05) is 5.32 Å². The van der Waals surface area contributed by atoms with Crippen molar-refractivity contribution >= 4 is 29.4 Å². The highest BCUT2D eigenvalue weighted by molar-refractivity contribution is 5.96. The second kappa shape index (κ2) is 8.82. The van der Waals surface area contributed by atoms with Crippen LogP contribution in [0.5, 0.6) is 0 Å². The monoisotopic (exact) mass is 406 g/mol. The van der Waals surface area contributed by atoms with Crippen molar-refractivity contribution in [1.82, 2.24) is 5.43 Å². The summed E-state index contributed by atoms with van der Waals surface area (Å²) in [4.78, 5) is 33.8. The van der Waals surface area contributed by atoms with Gasteiger partial charge in [-0.1, -0.05) is 12.1 Å². The van der Waals surface area contributed by atoms with Crippen molar-refractivity contribution in [1.29, 1.82) is 0 Å². The zero-order valence-electron chi connectivity index (χ0n) is 16.2. The van der Waals surface area contributed by atoms with Crippen molar-refractivity contribution in [2.24, 2.45) is 5.10 Å². The predicted molar refractivity (Wildman–Crippen MR) is 111 cm³/mol. The van der Waals surface area contributed by atoms with Crippen LogP contribution in [0.25, 0.3) is 11.3 Å². The second-order valence-electron chi connectivity index (χ2n) is 6.37. The number of hydrogen-bond donors (Lipinski definition) is 2. The number of rotatable bonds is 6. The maximum Gasteiger partial charge on any atom is 0.273 e. The maximum atomic E-state index is 12.1. The van der Waals surface area contributed by atoms with Gasteiger partial charge in [0, 0.05) is 35.4 Å². The van der Waals surface area contributed by atoms with E-state index in [0.29, 0.717) is 33.9 Å². The van der Waals surface area contributed by atoms with Crippen LogP contribution in [-0.2, 0) is 4.79 Å². The average Bonchev–Trinajstić information content (AvgIpc) is 3.16.